The number of anilines is 1. The summed E-state index contributed by atoms with van der Waals surface area (Å²) in [6, 6.07) is 3.52. The van der Waals surface area contributed by atoms with Gasteiger partial charge < -0.3 is 15.4 Å². The van der Waals surface area contributed by atoms with Crippen molar-refractivity contribution in [3.8, 4) is 0 Å². The third kappa shape index (κ3) is 3.47. The standard InChI is InChI=1S/C14H18F3N3O/c1-20(10-4-6-21-7-5-10)12-3-2-9(14(15,16)17)8-11(12)13(18)19/h2-3,8,10H,4-7H2,1H3,(H3,18,19). The Kier molecular flexibility index (Phi) is 4.41. The number of nitrogen functional groups attached to an aromatic ring is 1. The van der Waals surface area contributed by atoms with Crippen molar-refractivity contribution in [3.05, 3.63) is 29.3 Å². The molecule has 1 aromatic rings. The zero-order valence-corrected chi connectivity index (χ0v) is 11.7. The molecular formula is C14H18F3N3O. The van der Waals surface area contributed by atoms with Crippen molar-refractivity contribution < 1.29 is 17.9 Å². The number of hydrogen-bond donors (Lipinski definition) is 2. The van der Waals surface area contributed by atoms with Crippen LogP contribution in [0.25, 0.3) is 0 Å². The van der Waals surface area contributed by atoms with Gasteiger partial charge in [0.25, 0.3) is 0 Å². The molecule has 0 amide bonds. The summed E-state index contributed by atoms with van der Waals surface area (Å²) < 4.78 is 43.6. The lowest BCUT2D eigenvalue weighted by Crippen LogP contribution is -2.37. The maximum Gasteiger partial charge on any atom is 0.416 e. The second kappa shape index (κ2) is 5.93. The molecule has 4 nitrogen and oxygen atoms in total. The van der Waals surface area contributed by atoms with Gasteiger partial charge in [-0.3, -0.25) is 5.41 Å². The van der Waals surface area contributed by atoms with E-state index < -0.39 is 11.7 Å². The average molecular weight is 301 g/mol. The Morgan fingerprint density at radius 1 is 1.33 bits per heavy atom. The van der Waals surface area contributed by atoms with E-state index in [0.29, 0.717) is 18.9 Å². The highest BCUT2D eigenvalue weighted by molar-refractivity contribution is 6.00. The van der Waals surface area contributed by atoms with E-state index in [1.165, 1.54) is 6.07 Å². The molecule has 1 aromatic carbocycles. The van der Waals surface area contributed by atoms with Crippen LogP contribution in [0.1, 0.15) is 24.0 Å². The molecule has 0 aromatic heterocycles. The third-order valence-corrected chi connectivity index (χ3v) is 3.73. The number of nitrogens with one attached hydrogen (secondary N) is 1. The molecule has 0 bridgehead atoms. The normalized spacial score (nSPS) is 16.8. The highest BCUT2D eigenvalue weighted by Crippen LogP contribution is 2.33. The summed E-state index contributed by atoms with van der Waals surface area (Å²) in [6.07, 6.45) is -2.84. The van der Waals surface area contributed by atoms with E-state index in [2.05, 4.69) is 0 Å². The number of nitrogens with zero attached hydrogens (tertiary/aromatic N) is 1. The Labute approximate surface area is 121 Å². The molecule has 3 N–H and O–H groups in total. The van der Waals surface area contributed by atoms with Gasteiger partial charge in [0.05, 0.1) is 5.56 Å². The molecule has 0 spiro atoms. The van der Waals surface area contributed by atoms with Gasteiger partial charge in [0, 0.05) is 37.6 Å². The lowest BCUT2D eigenvalue weighted by atomic mass is 10.0. The van der Waals surface area contributed by atoms with Crippen LogP contribution in [-0.2, 0) is 10.9 Å². The van der Waals surface area contributed by atoms with Crippen molar-refractivity contribution in [1.29, 1.82) is 5.41 Å². The Hall–Kier alpha value is -1.76. The van der Waals surface area contributed by atoms with Crippen LogP contribution < -0.4 is 10.6 Å². The van der Waals surface area contributed by atoms with Crippen LogP contribution >= 0.6 is 0 Å². The zero-order valence-electron chi connectivity index (χ0n) is 11.7. The first kappa shape index (κ1) is 15.6. The average Bonchev–Trinajstić information content (AvgIpc) is 2.45. The predicted molar refractivity (Wildman–Crippen MR) is 74.7 cm³/mol. The number of hydrogen-bond acceptors (Lipinski definition) is 3. The maximum absolute atomic E-state index is 12.8. The van der Waals surface area contributed by atoms with Crippen molar-refractivity contribution in [1.82, 2.24) is 0 Å². The van der Waals surface area contributed by atoms with Crippen LogP contribution in [-0.4, -0.2) is 32.1 Å². The fourth-order valence-corrected chi connectivity index (χ4v) is 2.50. The molecule has 0 atom stereocenters. The van der Waals surface area contributed by atoms with Gasteiger partial charge in [0.1, 0.15) is 5.84 Å². The van der Waals surface area contributed by atoms with Crippen molar-refractivity contribution in [2.45, 2.75) is 25.1 Å². The third-order valence-electron chi connectivity index (χ3n) is 3.73. The molecule has 1 saturated heterocycles. The van der Waals surface area contributed by atoms with E-state index in [4.69, 9.17) is 15.9 Å². The van der Waals surface area contributed by atoms with Crippen molar-refractivity contribution in [2.24, 2.45) is 5.73 Å². The van der Waals surface area contributed by atoms with Crippen molar-refractivity contribution >= 4 is 11.5 Å². The Morgan fingerprint density at radius 3 is 2.48 bits per heavy atom. The summed E-state index contributed by atoms with van der Waals surface area (Å²) in [5, 5.41) is 7.54. The van der Waals surface area contributed by atoms with E-state index in [-0.39, 0.29) is 17.4 Å². The smallest absolute Gasteiger partial charge is 0.384 e. The first-order valence-corrected chi connectivity index (χ1v) is 6.67. The van der Waals surface area contributed by atoms with Gasteiger partial charge >= 0.3 is 6.18 Å². The molecule has 1 aliphatic rings. The van der Waals surface area contributed by atoms with E-state index in [9.17, 15) is 13.2 Å². The second-order valence-corrected chi connectivity index (χ2v) is 5.10. The van der Waals surface area contributed by atoms with Crippen LogP contribution in [0.4, 0.5) is 18.9 Å². The van der Waals surface area contributed by atoms with Crippen molar-refractivity contribution in [3.63, 3.8) is 0 Å². The fourth-order valence-electron chi connectivity index (χ4n) is 2.50. The van der Waals surface area contributed by atoms with E-state index in [1.807, 2.05) is 11.9 Å². The fraction of sp³-hybridized carbons (Fsp3) is 0.500. The molecule has 0 radical (unpaired) electrons. The van der Waals surface area contributed by atoms with Crippen LogP contribution in [0.2, 0.25) is 0 Å². The number of rotatable bonds is 3. The van der Waals surface area contributed by atoms with E-state index >= 15 is 0 Å². The molecule has 1 fully saturated rings. The minimum Gasteiger partial charge on any atom is -0.384 e. The molecule has 116 valence electrons. The van der Waals surface area contributed by atoms with E-state index in [0.717, 1.165) is 25.0 Å². The van der Waals surface area contributed by atoms with Gasteiger partial charge in [-0.15, -0.1) is 0 Å². The largest absolute Gasteiger partial charge is 0.416 e. The molecule has 0 aliphatic carbocycles. The summed E-state index contributed by atoms with van der Waals surface area (Å²) in [7, 11) is 1.81. The van der Waals surface area contributed by atoms with Gasteiger partial charge in [-0.05, 0) is 31.0 Å². The monoisotopic (exact) mass is 301 g/mol. The van der Waals surface area contributed by atoms with Crippen molar-refractivity contribution in [2.75, 3.05) is 25.2 Å². The quantitative estimate of drug-likeness (QED) is 0.666. The number of alkyl halides is 3. The van der Waals surface area contributed by atoms with Gasteiger partial charge in [-0.1, -0.05) is 0 Å². The number of benzene rings is 1. The molecule has 1 heterocycles. The molecule has 7 heteroatoms. The van der Waals surface area contributed by atoms with Crippen LogP contribution in [0.5, 0.6) is 0 Å². The van der Waals surface area contributed by atoms with Crippen LogP contribution in [0, 0.1) is 5.41 Å². The predicted octanol–water partition coefficient (Wildman–Crippen LogP) is 2.60. The Balaban J connectivity index is 2.36. The summed E-state index contributed by atoms with van der Waals surface area (Å²) >= 11 is 0. The maximum atomic E-state index is 12.8. The van der Waals surface area contributed by atoms with Gasteiger partial charge in [-0.2, -0.15) is 13.2 Å². The summed E-state index contributed by atoms with van der Waals surface area (Å²) in [5.74, 6) is -0.366. The van der Waals surface area contributed by atoms with Crippen LogP contribution in [0.15, 0.2) is 18.2 Å². The first-order valence-electron chi connectivity index (χ1n) is 6.67. The lowest BCUT2D eigenvalue weighted by molar-refractivity contribution is -0.137. The first-order chi connectivity index (χ1) is 9.80. The molecule has 0 saturated carbocycles. The Morgan fingerprint density at radius 2 is 1.95 bits per heavy atom. The molecular weight excluding hydrogens is 283 g/mol. The molecule has 21 heavy (non-hydrogen) atoms. The minimum absolute atomic E-state index is 0.110. The van der Waals surface area contributed by atoms with Gasteiger partial charge in [0.2, 0.25) is 0 Å². The summed E-state index contributed by atoms with van der Waals surface area (Å²) in [6.45, 7) is 1.26. The van der Waals surface area contributed by atoms with E-state index in [1.54, 1.807) is 0 Å². The molecule has 2 rings (SSSR count). The number of nitrogens with two attached hydrogens (primary N) is 1. The molecule has 0 unspecified atom stereocenters. The SMILES string of the molecule is CN(c1ccc(C(F)(F)F)cc1C(=N)N)C1CCOCC1. The summed E-state index contributed by atoms with van der Waals surface area (Å²) in [4.78, 5) is 1.89. The Bertz CT molecular complexity index is 525. The highest BCUT2D eigenvalue weighted by Gasteiger charge is 2.32. The zero-order chi connectivity index (χ0) is 15.6. The topological polar surface area (TPSA) is 62.3 Å². The number of amidine groups is 1. The van der Waals surface area contributed by atoms with Crippen LogP contribution in [0.3, 0.4) is 0 Å². The molecule has 1 aliphatic heterocycles. The van der Waals surface area contributed by atoms with Gasteiger partial charge in [-0.25, -0.2) is 0 Å². The number of halogens is 3. The number of ether oxygens (including phenoxy) is 1. The second-order valence-electron chi connectivity index (χ2n) is 5.10. The minimum atomic E-state index is -4.44. The van der Waals surface area contributed by atoms with Gasteiger partial charge in [0.15, 0.2) is 0 Å². The lowest BCUT2D eigenvalue weighted by Gasteiger charge is -2.34. The highest BCUT2D eigenvalue weighted by atomic mass is 19.4. The summed E-state index contributed by atoms with van der Waals surface area (Å²) in [5.41, 5.74) is 5.32.